The van der Waals surface area contributed by atoms with E-state index in [1.165, 1.54) is 69.2 Å². The SMILES string of the molecule is CCCCCCCCCCCCCC1C(=O)N(c2ccccn2)N=C1C. The molecule has 1 unspecified atom stereocenters. The Morgan fingerprint density at radius 2 is 1.54 bits per heavy atom. The van der Waals surface area contributed by atoms with E-state index < -0.39 is 0 Å². The topological polar surface area (TPSA) is 45.6 Å². The lowest BCUT2D eigenvalue weighted by atomic mass is 9.96. The van der Waals surface area contributed by atoms with E-state index in [1.807, 2.05) is 25.1 Å². The summed E-state index contributed by atoms with van der Waals surface area (Å²) >= 11 is 0. The van der Waals surface area contributed by atoms with Crippen LogP contribution in [0.4, 0.5) is 5.82 Å². The molecule has 4 heteroatoms. The van der Waals surface area contributed by atoms with Gasteiger partial charge in [0.05, 0.1) is 5.92 Å². The molecule has 1 aromatic heterocycles. The molecule has 1 amide bonds. The molecule has 2 rings (SSSR count). The van der Waals surface area contributed by atoms with Gasteiger partial charge in [-0.1, -0.05) is 83.6 Å². The summed E-state index contributed by atoms with van der Waals surface area (Å²) in [5, 5.41) is 5.90. The van der Waals surface area contributed by atoms with Crippen molar-refractivity contribution in [3.05, 3.63) is 24.4 Å². The minimum atomic E-state index is -0.0597. The van der Waals surface area contributed by atoms with Gasteiger partial charge in [-0.25, -0.2) is 4.98 Å². The fourth-order valence-electron chi connectivity index (χ4n) is 3.59. The first-order valence-electron chi connectivity index (χ1n) is 10.5. The number of nitrogens with zero attached hydrogens (tertiary/aromatic N) is 3. The minimum Gasteiger partial charge on any atom is -0.272 e. The van der Waals surface area contributed by atoms with E-state index in [0.29, 0.717) is 5.82 Å². The standard InChI is InChI=1S/C22H35N3O/c1-3-4-5-6-7-8-9-10-11-12-13-16-20-19(2)24-25(22(20)26)21-17-14-15-18-23-21/h14-15,17-18,20H,3-13,16H2,1-2H3. The van der Waals surface area contributed by atoms with Crippen LogP contribution in [0.3, 0.4) is 0 Å². The number of rotatable bonds is 13. The zero-order chi connectivity index (χ0) is 18.6. The van der Waals surface area contributed by atoms with Crippen molar-refractivity contribution in [3.63, 3.8) is 0 Å². The summed E-state index contributed by atoms with van der Waals surface area (Å²) in [5.41, 5.74) is 0.924. The van der Waals surface area contributed by atoms with Crippen LogP contribution < -0.4 is 5.01 Å². The van der Waals surface area contributed by atoms with Crippen LogP contribution in [-0.4, -0.2) is 16.6 Å². The summed E-state index contributed by atoms with van der Waals surface area (Å²) in [6.07, 6.45) is 17.2. The highest BCUT2D eigenvalue weighted by atomic mass is 16.2. The van der Waals surface area contributed by atoms with Gasteiger partial charge >= 0.3 is 0 Å². The molecule has 0 saturated carbocycles. The average molecular weight is 358 g/mol. The molecule has 26 heavy (non-hydrogen) atoms. The van der Waals surface area contributed by atoms with Crippen molar-refractivity contribution in [2.75, 3.05) is 5.01 Å². The fraction of sp³-hybridized carbons (Fsp3) is 0.682. The molecule has 0 saturated heterocycles. The monoisotopic (exact) mass is 357 g/mol. The van der Waals surface area contributed by atoms with Gasteiger partial charge in [-0.15, -0.1) is 0 Å². The van der Waals surface area contributed by atoms with Gasteiger partial charge in [-0.05, 0) is 25.5 Å². The Hall–Kier alpha value is -1.71. The van der Waals surface area contributed by atoms with Crippen LogP contribution in [0, 0.1) is 5.92 Å². The number of pyridine rings is 1. The van der Waals surface area contributed by atoms with Crippen molar-refractivity contribution in [1.29, 1.82) is 0 Å². The largest absolute Gasteiger partial charge is 0.272 e. The zero-order valence-corrected chi connectivity index (χ0v) is 16.6. The molecule has 1 aromatic rings. The number of unbranched alkanes of at least 4 members (excludes halogenated alkanes) is 10. The number of hydrazone groups is 1. The molecule has 0 radical (unpaired) electrons. The van der Waals surface area contributed by atoms with Gasteiger partial charge in [-0.3, -0.25) is 4.79 Å². The van der Waals surface area contributed by atoms with E-state index in [1.54, 1.807) is 6.20 Å². The third kappa shape index (κ3) is 6.54. The summed E-state index contributed by atoms with van der Waals surface area (Å²) in [7, 11) is 0. The van der Waals surface area contributed by atoms with Crippen LogP contribution >= 0.6 is 0 Å². The first-order chi connectivity index (χ1) is 12.7. The van der Waals surface area contributed by atoms with Crippen molar-refractivity contribution in [1.82, 2.24) is 4.98 Å². The first-order valence-corrected chi connectivity index (χ1v) is 10.5. The summed E-state index contributed by atoms with van der Waals surface area (Å²) in [6.45, 7) is 4.23. The molecule has 144 valence electrons. The predicted octanol–water partition coefficient (Wildman–Crippen LogP) is 6.12. The molecule has 0 aromatic carbocycles. The van der Waals surface area contributed by atoms with Crippen molar-refractivity contribution in [3.8, 4) is 0 Å². The van der Waals surface area contributed by atoms with E-state index in [-0.39, 0.29) is 11.8 Å². The molecule has 0 spiro atoms. The van der Waals surface area contributed by atoms with E-state index in [0.717, 1.165) is 18.6 Å². The minimum absolute atomic E-state index is 0.0597. The lowest BCUT2D eigenvalue weighted by molar-refractivity contribution is -0.120. The Bertz CT molecular complexity index is 556. The molecule has 4 nitrogen and oxygen atoms in total. The molecule has 2 heterocycles. The number of aromatic nitrogens is 1. The first kappa shape index (κ1) is 20.6. The molecule has 1 aliphatic rings. The lowest BCUT2D eigenvalue weighted by Crippen LogP contribution is -2.27. The molecule has 0 bridgehead atoms. The Morgan fingerprint density at radius 1 is 0.923 bits per heavy atom. The van der Waals surface area contributed by atoms with Crippen LogP contribution in [0.5, 0.6) is 0 Å². The number of carbonyl (C=O) groups is 1. The Balaban J connectivity index is 1.56. The summed E-state index contributed by atoms with van der Waals surface area (Å²) in [6, 6.07) is 5.57. The van der Waals surface area contributed by atoms with E-state index in [4.69, 9.17) is 0 Å². The molecule has 0 N–H and O–H groups in total. The van der Waals surface area contributed by atoms with Crippen molar-refractivity contribution < 1.29 is 4.79 Å². The molecule has 0 fully saturated rings. The maximum Gasteiger partial charge on any atom is 0.257 e. The highest BCUT2D eigenvalue weighted by molar-refractivity contribution is 6.14. The van der Waals surface area contributed by atoms with Gasteiger partial charge in [0, 0.05) is 11.9 Å². The molecule has 0 aliphatic carbocycles. The molecule has 1 aliphatic heterocycles. The van der Waals surface area contributed by atoms with Gasteiger partial charge in [0.2, 0.25) is 0 Å². The second-order valence-electron chi connectivity index (χ2n) is 7.46. The zero-order valence-electron chi connectivity index (χ0n) is 16.6. The molecule has 1 atom stereocenters. The van der Waals surface area contributed by atoms with Crippen LogP contribution in [0.15, 0.2) is 29.5 Å². The third-order valence-electron chi connectivity index (χ3n) is 5.23. The Morgan fingerprint density at radius 3 is 2.12 bits per heavy atom. The maximum absolute atomic E-state index is 12.6. The summed E-state index contributed by atoms with van der Waals surface area (Å²) < 4.78 is 0. The van der Waals surface area contributed by atoms with Crippen LogP contribution in [0.2, 0.25) is 0 Å². The predicted molar refractivity (Wildman–Crippen MR) is 109 cm³/mol. The van der Waals surface area contributed by atoms with E-state index in [9.17, 15) is 4.79 Å². The van der Waals surface area contributed by atoms with Gasteiger partial charge in [0.15, 0.2) is 5.82 Å². The number of hydrogen-bond donors (Lipinski definition) is 0. The van der Waals surface area contributed by atoms with Gasteiger partial charge in [0.1, 0.15) is 0 Å². The highest BCUT2D eigenvalue weighted by Crippen LogP contribution is 2.25. The van der Waals surface area contributed by atoms with Crippen molar-refractivity contribution >= 4 is 17.4 Å². The van der Waals surface area contributed by atoms with Crippen molar-refractivity contribution in [2.45, 2.75) is 90.9 Å². The number of anilines is 1. The second kappa shape index (κ2) is 11.8. The van der Waals surface area contributed by atoms with Gasteiger partial charge in [0.25, 0.3) is 5.91 Å². The van der Waals surface area contributed by atoms with E-state index in [2.05, 4.69) is 17.0 Å². The lowest BCUT2D eigenvalue weighted by Gasteiger charge is -2.13. The quantitative estimate of drug-likeness (QED) is 0.399. The van der Waals surface area contributed by atoms with Gasteiger partial charge < -0.3 is 0 Å². The normalized spacial score (nSPS) is 17.0. The fourth-order valence-corrected chi connectivity index (χ4v) is 3.59. The average Bonchev–Trinajstić information content (AvgIpc) is 2.95. The van der Waals surface area contributed by atoms with Crippen LogP contribution in [-0.2, 0) is 4.79 Å². The third-order valence-corrected chi connectivity index (χ3v) is 5.23. The highest BCUT2D eigenvalue weighted by Gasteiger charge is 2.34. The van der Waals surface area contributed by atoms with Crippen LogP contribution in [0.1, 0.15) is 90.9 Å². The Labute approximate surface area is 159 Å². The van der Waals surface area contributed by atoms with Crippen molar-refractivity contribution in [2.24, 2.45) is 11.0 Å². The summed E-state index contributed by atoms with van der Waals surface area (Å²) in [5.74, 6) is 0.641. The molecular formula is C22H35N3O. The van der Waals surface area contributed by atoms with Gasteiger partial charge in [-0.2, -0.15) is 10.1 Å². The smallest absolute Gasteiger partial charge is 0.257 e. The number of hydrogen-bond acceptors (Lipinski definition) is 3. The van der Waals surface area contributed by atoms with E-state index >= 15 is 0 Å². The second-order valence-corrected chi connectivity index (χ2v) is 7.46. The molecular weight excluding hydrogens is 322 g/mol. The maximum atomic E-state index is 12.6. The van der Waals surface area contributed by atoms with Crippen LogP contribution in [0.25, 0.3) is 0 Å². The number of amides is 1. The summed E-state index contributed by atoms with van der Waals surface area (Å²) in [4.78, 5) is 16.8. The Kier molecular flexibility index (Phi) is 9.36. The number of carbonyl (C=O) groups excluding carboxylic acids is 1.